The molecule has 39 heavy (non-hydrogen) atoms. The summed E-state index contributed by atoms with van der Waals surface area (Å²) in [5, 5.41) is 10.1. The van der Waals surface area contributed by atoms with Gasteiger partial charge in [-0.15, -0.1) is 0 Å². The van der Waals surface area contributed by atoms with Gasteiger partial charge in [0, 0.05) is 17.1 Å². The van der Waals surface area contributed by atoms with Crippen molar-refractivity contribution in [3.05, 3.63) is 192 Å². The van der Waals surface area contributed by atoms with E-state index in [2.05, 4.69) is 158 Å². The van der Waals surface area contributed by atoms with Gasteiger partial charge >= 0.3 is 0 Å². The third-order valence-corrected chi connectivity index (χ3v) is 7.79. The van der Waals surface area contributed by atoms with E-state index in [0.717, 1.165) is 17.1 Å². The molecule has 0 spiro atoms. The van der Waals surface area contributed by atoms with Crippen LogP contribution < -0.4 is 4.90 Å². The Kier molecular flexibility index (Phi) is 5.64. The van der Waals surface area contributed by atoms with Crippen molar-refractivity contribution >= 4 is 17.1 Å². The molecule has 0 N–H and O–H groups in total. The Morgan fingerprint density at radius 2 is 0.615 bits per heavy atom. The minimum absolute atomic E-state index is 1.14. The van der Waals surface area contributed by atoms with Crippen molar-refractivity contribution in [1.29, 1.82) is 0 Å². The van der Waals surface area contributed by atoms with Gasteiger partial charge in [0.05, 0.1) is 0 Å². The molecule has 0 bridgehead atoms. The molecular formula is C38H29N. The molecule has 186 valence electrons. The van der Waals surface area contributed by atoms with Gasteiger partial charge in [-0.3, -0.25) is 0 Å². The predicted molar refractivity (Wildman–Crippen MR) is 161 cm³/mol. The van der Waals surface area contributed by atoms with Crippen LogP contribution in [0.3, 0.4) is 0 Å². The van der Waals surface area contributed by atoms with Crippen LogP contribution in [-0.2, 0) is 0 Å². The van der Waals surface area contributed by atoms with E-state index in [9.17, 15) is 0 Å². The van der Waals surface area contributed by atoms with Gasteiger partial charge < -0.3 is 4.90 Å². The van der Waals surface area contributed by atoms with E-state index in [1.54, 1.807) is 0 Å². The van der Waals surface area contributed by atoms with Crippen LogP contribution in [-0.4, -0.2) is 0 Å². The highest BCUT2D eigenvalue weighted by Gasteiger charge is 2.13. The summed E-state index contributed by atoms with van der Waals surface area (Å²) in [4.78, 5) is 2.36. The lowest BCUT2D eigenvalue weighted by molar-refractivity contribution is 1.24. The van der Waals surface area contributed by atoms with Crippen LogP contribution in [0.5, 0.6) is 0 Å². The third-order valence-electron chi connectivity index (χ3n) is 7.79. The number of fused-ring (bicyclic) bond motifs is 4. The van der Waals surface area contributed by atoms with Crippen molar-refractivity contribution in [2.24, 2.45) is 0 Å². The molecule has 1 nitrogen and oxygen atoms in total. The third kappa shape index (κ3) is 4.04. The van der Waals surface area contributed by atoms with E-state index in [0.29, 0.717) is 0 Å². The molecule has 0 radical (unpaired) electrons. The first-order chi connectivity index (χ1) is 19.2. The number of benzene rings is 6. The molecule has 7 rings (SSSR count). The van der Waals surface area contributed by atoms with Crippen LogP contribution in [0.2, 0.25) is 0 Å². The standard InChI is InChI=1S/C38H29N/c1-26-15-19-28(20-16-26)39(29-21-17-27(2)18-22-29)30-23-24-37-35-13-6-5-11-33(35)31-9-3-4-10-32(31)34-12-7-8-14-36(34)38(37)25-30/h3-25H,1-2H3. The monoisotopic (exact) mass is 499 g/mol. The zero-order valence-corrected chi connectivity index (χ0v) is 22.2. The van der Waals surface area contributed by atoms with Gasteiger partial charge in [0.2, 0.25) is 0 Å². The topological polar surface area (TPSA) is 3.24 Å². The summed E-state index contributed by atoms with van der Waals surface area (Å²) in [5.41, 5.74) is 5.95. The second kappa shape index (κ2) is 9.45. The quantitative estimate of drug-likeness (QED) is 0.234. The zero-order valence-electron chi connectivity index (χ0n) is 22.2. The van der Waals surface area contributed by atoms with E-state index in [1.165, 1.54) is 52.9 Å². The maximum Gasteiger partial charge on any atom is 0.0468 e. The summed E-state index contributed by atoms with van der Waals surface area (Å²) in [7, 11) is 0. The van der Waals surface area contributed by atoms with Crippen molar-refractivity contribution in [3.8, 4) is 0 Å². The number of anilines is 3. The van der Waals surface area contributed by atoms with Gasteiger partial charge in [0.15, 0.2) is 0 Å². The molecule has 1 aliphatic rings. The first kappa shape index (κ1) is 23.3. The fourth-order valence-corrected chi connectivity index (χ4v) is 5.82. The molecule has 0 amide bonds. The van der Waals surface area contributed by atoms with E-state index in [1.807, 2.05) is 0 Å². The van der Waals surface area contributed by atoms with Gasteiger partial charge in [-0.2, -0.15) is 0 Å². The van der Waals surface area contributed by atoms with Crippen LogP contribution in [0.4, 0.5) is 17.1 Å². The SMILES string of the molecule is Cc1ccc(N(c2ccc(C)cc2)c2ccc3c(c2)=c2ccccc2=c2ccccc2=c2ccccc2=3)cc1. The zero-order chi connectivity index (χ0) is 26.3. The molecule has 0 heterocycles. The lowest BCUT2D eigenvalue weighted by Crippen LogP contribution is -2.10. The molecule has 1 aliphatic carbocycles. The predicted octanol–water partition coefficient (Wildman–Crippen LogP) is 9.23. The fraction of sp³-hybridized carbons (Fsp3) is 0.0526. The first-order valence-corrected chi connectivity index (χ1v) is 13.5. The Morgan fingerprint density at radius 1 is 0.308 bits per heavy atom. The molecule has 6 aromatic carbocycles. The summed E-state index contributed by atoms with van der Waals surface area (Å²) in [6.07, 6.45) is 0. The number of hydrogen-bond donors (Lipinski definition) is 0. The molecule has 0 aromatic heterocycles. The average molecular weight is 500 g/mol. The molecule has 0 atom stereocenters. The fourth-order valence-electron chi connectivity index (χ4n) is 5.82. The number of hydrogen-bond acceptors (Lipinski definition) is 1. The number of nitrogens with zero attached hydrogens (tertiary/aromatic N) is 1. The Balaban J connectivity index is 1.69. The molecule has 0 unspecified atom stereocenters. The van der Waals surface area contributed by atoms with Crippen LogP contribution in [0, 0.1) is 55.6 Å². The van der Waals surface area contributed by atoms with Crippen molar-refractivity contribution in [2.75, 3.05) is 4.90 Å². The second-order valence-electron chi connectivity index (χ2n) is 10.4. The Bertz CT molecular complexity index is 2180. The van der Waals surface area contributed by atoms with E-state index >= 15 is 0 Å². The number of rotatable bonds is 3. The van der Waals surface area contributed by atoms with Gasteiger partial charge in [-0.25, -0.2) is 0 Å². The average Bonchev–Trinajstić information content (AvgIpc) is 2.98. The lowest BCUT2D eigenvalue weighted by atomic mass is 10.0. The lowest BCUT2D eigenvalue weighted by Gasteiger charge is -2.26. The molecule has 6 aromatic rings. The summed E-state index contributed by atoms with van der Waals surface area (Å²) >= 11 is 0. The van der Waals surface area contributed by atoms with E-state index < -0.39 is 0 Å². The van der Waals surface area contributed by atoms with Crippen LogP contribution in [0.25, 0.3) is 0 Å². The van der Waals surface area contributed by atoms with E-state index in [-0.39, 0.29) is 0 Å². The maximum absolute atomic E-state index is 2.37. The highest BCUT2D eigenvalue weighted by atomic mass is 15.1. The molecule has 1 heteroatoms. The Morgan fingerprint density at radius 3 is 1.00 bits per heavy atom. The normalized spacial score (nSPS) is 11.3. The first-order valence-electron chi connectivity index (χ1n) is 13.5. The molecule has 0 saturated carbocycles. The van der Waals surface area contributed by atoms with Crippen molar-refractivity contribution in [1.82, 2.24) is 0 Å². The van der Waals surface area contributed by atoms with Gasteiger partial charge in [0.1, 0.15) is 0 Å². The van der Waals surface area contributed by atoms with Gasteiger partial charge in [0.25, 0.3) is 0 Å². The van der Waals surface area contributed by atoms with Crippen LogP contribution >= 0.6 is 0 Å². The smallest absolute Gasteiger partial charge is 0.0468 e. The molecule has 0 aliphatic heterocycles. The molecule has 0 saturated heterocycles. The van der Waals surface area contributed by atoms with Crippen molar-refractivity contribution in [2.45, 2.75) is 13.8 Å². The molecular weight excluding hydrogens is 470 g/mol. The van der Waals surface area contributed by atoms with Gasteiger partial charge in [-0.05, 0) is 92.0 Å². The Labute approximate surface area is 227 Å². The highest BCUT2D eigenvalue weighted by Crippen LogP contribution is 2.35. The Hall–Kier alpha value is -4.88. The summed E-state index contributed by atoms with van der Waals surface area (Å²) in [5.74, 6) is 0. The van der Waals surface area contributed by atoms with Crippen LogP contribution in [0.15, 0.2) is 140 Å². The summed E-state index contributed by atoms with van der Waals surface area (Å²) in [6, 6.07) is 51.0. The van der Waals surface area contributed by atoms with Crippen molar-refractivity contribution in [3.63, 3.8) is 0 Å². The summed E-state index contributed by atoms with van der Waals surface area (Å²) in [6.45, 7) is 4.27. The largest absolute Gasteiger partial charge is 0.310 e. The minimum Gasteiger partial charge on any atom is -0.310 e. The molecule has 0 fully saturated rings. The van der Waals surface area contributed by atoms with E-state index in [4.69, 9.17) is 0 Å². The highest BCUT2D eigenvalue weighted by molar-refractivity contribution is 5.76. The minimum atomic E-state index is 1.14. The summed E-state index contributed by atoms with van der Waals surface area (Å²) < 4.78 is 0. The number of aryl methyl sites for hydroxylation is 2. The van der Waals surface area contributed by atoms with Crippen molar-refractivity contribution < 1.29 is 0 Å². The second-order valence-corrected chi connectivity index (χ2v) is 10.4. The van der Waals surface area contributed by atoms with Crippen LogP contribution in [0.1, 0.15) is 11.1 Å². The van der Waals surface area contributed by atoms with Gasteiger partial charge in [-0.1, -0.05) is 114 Å². The maximum atomic E-state index is 2.37.